The Labute approximate surface area is 177 Å². The smallest absolute Gasteiger partial charge is 0.240 e. The van der Waals surface area contributed by atoms with Gasteiger partial charge in [-0.3, -0.25) is 9.80 Å². The molecule has 2 atom stereocenters. The number of piperazine rings is 1. The first-order valence-electron chi connectivity index (χ1n) is 10.9. The highest BCUT2D eigenvalue weighted by Gasteiger charge is 2.27. The maximum atomic E-state index is 12.3. The molecule has 2 unspecified atom stereocenters. The lowest BCUT2D eigenvalue weighted by Crippen LogP contribution is -2.51. The number of rotatable bonds is 6. The number of hydrogen-bond donors (Lipinski definition) is 0. The van der Waals surface area contributed by atoms with Crippen LogP contribution in [0.3, 0.4) is 0 Å². The summed E-state index contributed by atoms with van der Waals surface area (Å²) in [5.41, 5.74) is 1.29. The van der Waals surface area contributed by atoms with Crippen LogP contribution in [0, 0.1) is 0 Å². The van der Waals surface area contributed by atoms with E-state index in [2.05, 4.69) is 28.9 Å². The molecule has 0 N–H and O–H groups in total. The largest absolute Gasteiger partial charge is 0.397 e. The van der Waals surface area contributed by atoms with Gasteiger partial charge in [-0.2, -0.15) is 0 Å². The average molecular weight is 413 g/mol. The second-order valence-electron chi connectivity index (χ2n) is 8.24. The van der Waals surface area contributed by atoms with Crippen molar-refractivity contribution in [2.45, 2.75) is 56.0 Å². The zero-order chi connectivity index (χ0) is 20.1. The predicted octanol–water partition coefficient (Wildman–Crippen LogP) is 4.80. The van der Waals surface area contributed by atoms with E-state index in [1.54, 1.807) is 0 Å². The molecule has 2 aromatic rings. The molecule has 0 aromatic heterocycles. The van der Waals surface area contributed by atoms with Gasteiger partial charge in [0, 0.05) is 38.3 Å². The van der Waals surface area contributed by atoms with Crippen LogP contribution < -0.4 is 4.18 Å². The van der Waals surface area contributed by atoms with Crippen molar-refractivity contribution >= 4 is 11.1 Å². The highest BCUT2D eigenvalue weighted by molar-refractivity contribution is 7.80. The van der Waals surface area contributed by atoms with Crippen molar-refractivity contribution in [1.82, 2.24) is 9.80 Å². The van der Waals surface area contributed by atoms with Crippen molar-refractivity contribution in [2.24, 2.45) is 0 Å². The zero-order valence-corrected chi connectivity index (χ0v) is 18.2. The average Bonchev–Trinajstić information content (AvgIpc) is 2.80. The van der Waals surface area contributed by atoms with Gasteiger partial charge in [0.25, 0.3) is 0 Å². The van der Waals surface area contributed by atoms with Crippen LogP contribution in [0.1, 0.15) is 50.6 Å². The van der Waals surface area contributed by atoms with Crippen molar-refractivity contribution in [2.75, 3.05) is 26.2 Å². The van der Waals surface area contributed by atoms with Gasteiger partial charge >= 0.3 is 0 Å². The Hall–Kier alpha value is -1.69. The first-order valence-corrected chi connectivity index (χ1v) is 12.0. The molecular weight excluding hydrogens is 380 g/mol. The van der Waals surface area contributed by atoms with E-state index in [-0.39, 0.29) is 0 Å². The Morgan fingerprint density at radius 2 is 1.55 bits per heavy atom. The molecular formula is C24H32N2O2S. The van der Waals surface area contributed by atoms with Gasteiger partial charge in [-0.15, -0.1) is 0 Å². The third-order valence-electron chi connectivity index (χ3n) is 6.46. The van der Waals surface area contributed by atoms with Gasteiger partial charge in [0.05, 0.1) is 4.90 Å². The summed E-state index contributed by atoms with van der Waals surface area (Å²) in [6.07, 6.45) is 7.02. The van der Waals surface area contributed by atoms with Crippen molar-refractivity contribution < 1.29 is 8.39 Å². The van der Waals surface area contributed by atoms with E-state index in [0.717, 1.165) is 19.1 Å². The lowest BCUT2D eigenvalue weighted by molar-refractivity contribution is 0.0603. The molecule has 0 amide bonds. The van der Waals surface area contributed by atoms with E-state index in [1.807, 2.05) is 42.5 Å². The summed E-state index contributed by atoms with van der Waals surface area (Å²) in [5, 5.41) is 0. The molecule has 1 saturated carbocycles. The Morgan fingerprint density at radius 3 is 2.21 bits per heavy atom. The maximum absolute atomic E-state index is 12.3. The molecule has 4 rings (SSSR count). The minimum absolute atomic E-state index is 0.386. The summed E-state index contributed by atoms with van der Waals surface area (Å²) < 4.78 is 17.9. The molecule has 5 heteroatoms. The van der Waals surface area contributed by atoms with Crippen LogP contribution in [0.25, 0.3) is 0 Å². The van der Waals surface area contributed by atoms with Crippen LogP contribution in [-0.4, -0.2) is 46.2 Å². The van der Waals surface area contributed by atoms with Gasteiger partial charge in [0.15, 0.2) is 0 Å². The fraction of sp³-hybridized carbons (Fsp3) is 0.500. The molecule has 1 saturated heterocycles. The minimum atomic E-state index is -1.48. The maximum Gasteiger partial charge on any atom is 0.240 e. The van der Waals surface area contributed by atoms with E-state index >= 15 is 0 Å². The van der Waals surface area contributed by atoms with Crippen molar-refractivity contribution in [3.8, 4) is 5.75 Å². The molecule has 2 aliphatic rings. The summed E-state index contributed by atoms with van der Waals surface area (Å²) in [6, 6.07) is 18.6. The van der Waals surface area contributed by atoms with Crippen molar-refractivity contribution in [3.63, 3.8) is 0 Å². The Morgan fingerprint density at radius 1 is 0.897 bits per heavy atom. The van der Waals surface area contributed by atoms with E-state index in [4.69, 9.17) is 4.18 Å². The van der Waals surface area contributed by atoms with Gasteiger partial charge in [-0.25, -0.2) is 4.21 Å². The molecule has 1 aliphatic heterocycles. The molecule has 29 heavy (non-hydrogen) atoms. The fourth-order valence-electron chi connectivity index (χ4n) is 4.62. The lowest BCUT2D eigenvalue weighted by atomic mass is 9.93. The summed E-state index contributed by atoms with van der Waals surface area (Å²) in [5.74, 6) is 0.644. The molecule has 1 aliphatic carbocycles. The van der Waals surface area contributed by atoms with Crippen LogP contribution >= 0.6 is 0 Å². The summed E-state index contributed by atoms with van der Waals surface area (Å²) in [7, 11) is 0. The second-order valence-corrected chi connectivity index (χ2v) is 9.35. The SMILES string of the molecule is CC(c1ccc(OS(=O)c2ccccc2)cc1)N1CCN(C2CCCCC2)CC1. The minimum Gasteiger partial charge on any atom is -0.397 e. The number of hydrogen-bond acceptors (Lipinski definition) is 4. The van der Waals surface area contributed by atoms with Gasteiger partial charge in [-0.1, -0.05) is 49.6 Å². The summed E-state index contributed by atoms with van der Waals surface area (Å²) in [6.45, 7) is 6.93. The van der Waals surface area contributed by atoms with E-state index in [9.17, 15) is 4.21 Å². The first kappa shape index (κ1) is 20.6. The third-order valence-corrected chi connectivity index (χ3v) is 7.46. The molecule has 0 spiro atoms. The summed E-state index contributed by atoms with van der Waals surface area (Å²) in [4.78, 5) is 5.98. The third kappa shape index (κ3) is 5.27. The van der Waals surface area contributed by atoms with E-state index in [1.165, 1.54) is 50.8 Å². The van der Waals surface area contributed by atoms with Gasteiger partial charge in [-0.05, 0) is 49.6 Å². The molecule has 2 fully saturated rings. The van der Waals surface area contributed by atoms with Gasteiger partial charge in [0.2, 0.25) is 11.1 Å². The number of benzene rings is 2. The van der Waals surface area contributed by atoms with Crippen LogP contribution in [0.5, 0.6) is 5.75 Å². The van der Waals surface area contributed by atoms with Gasteiger partial charge < -0.3 is 4.18 Å². The molecule has 1 heterocycles. The van der Waals surface area contributed by atoms with Crippen molar-refractivity contribution in [3.05, 3.63) is 60.2 Å². The lowest BCUT2D eigenvalue weighted by Gasteiger charge is -2.42. The zero-order valence-electron chi connectivity index (χ0n) is 17.3. The predicted molar refractivity (Wildman–Crippen MR) is 118 cm³/mol. The van der Waals surface area contributed by atoms with Gasteiger partial charge in [0.1, 0.15) is 5.75 Å². The molecule has 2 aromatic carbocycles. The fourth-order valence-corrected chi connectivity index (χ4v) is 5.38. The van der Waals surface area contributed by atoms with Crippen LogP contribution in [0.2, 0.25) is 0 Å². The molecule has 4 nitrogen and oxygen atoms in total. The molecule has 0 bridgehead atoms. The number of nitrogens with zero attached hydrogens (tertiary/aromatic N) is 2. The van der Waals surface area contributed by atoms with E-state index < -0.39 is 11.1 Å². The summed E-state index contributed by atoms with van der Waals surface area (Å²) >= 11 is -1.48. The van der Waals surface area contributed by atoms with E-state index in [0.29, 0.717) is 16.7 Å². The molecule has 156 valence electrons. The van der Waals surface area contributed by atoms with Crippen LogP contribution in [-0.2, 0) is 11.1 Å². The second kappa shape index (κ2) is 9.88. The normalized spacial score (nSPS) is 21.6. The standard InChI is InChI=1S/C24H32N2O2S/c1-20(25-16-18-26(19-17-25)22-8-4-2-5-9-22)21-12-14-23(15-13-21)28-29(27)24-10-6-3-7-11-24/h3,6-7,10-15,20,22H,2,4-5,8-9,16-19H2,1H3. The molecule has 0 radical (unpaired) electrons. The van der Waals surface area contributed by atoms with Crippen LogP contribution in [0.15, 0.2) is 59.5 Å². The first-order chi connectivity index (χ1) is 14.2. The topological polar surface area (TPSA) is 32.8 Å². The van der Waals surface area contributed by atoms with Crippen molar-refractivity contribution in [1.29, 1.82) is 0 Å². The Balaban J connectivity index is 1.30. The van der Waals surface area contributed by atoms with Crippen LogP contribution in [0.4, 0.5) is 0 Å². The highest BCUT2D eigenvalue weighted by Crippen LogP contribution is 2.27. The Kier molecular flexibility index (Phi) is 7.01. The quantitative estimate of drug-likeness (QED) is 0.682. The highest BCUT2D eigenvalue weighted by atomic mass is 32.2. The Bertz CT molecular complexity index is 782. The monoisotopic (exact) mass is 412 g/mol.